The van der Waals surface area contributed by atoms with Gasteiger partial charge in [-0.25, -0.2) is 12.7 Å². The highest BCUT2D eigenvalue weighted by Gasteiger charge is 2.11. The molecule has 0 aliphatic rings. The van der Waals surface area contributed by atoms with Crippen molar-refractivity contribution in [3.05, 3.63) is 29.8 Å². The highest BCUT2D eigenvalue weighted by molar-refractivity contribution is 7.88. The predicted molar refractivity (Wildman–Crippen MR) is 59.4 cm³/mol. The van der Waals surface area contributed by atoms with Crippen molar-refractivity contribution in [1.82, 2.24) is 4.31 Å². The van der Waals surface area contributed by atoms with Gasteiger partial charge in [-0.3, -0.25) is 0 Å². The second kappa shape index (κ2) is 5.42. The van der Waals surface area contributed by atoms with Crippen LogP contribution >= 0.6 is 0 Å². The average Bonchev–Trinajstić information content (AvgIpc) is 2.18. The second-order valence-electron chi connectivity index (χ2n) is 3.54. The maximum Gasteiger partial charge on any atom is 0.387 e. The third-order valence-corrected chi connectivity index (χ3v) is 3.38. The molecule has 96 valence electrons. The number of sulfonamides is 1. The summed E-state index contributed by atoms with van der Waals surface area (Å²) in [7, 11) is -1.80. The summed E-state index contributed by atoms with van der Waals surface area (Å²) in [6, 6.07) is 5.83. The van der Waals surface area contributed by atoms with E-state index in [0.717, 1.165) is 10.6 Å². The van der Waals surface area contributed by atoms with Crippen LogP contribution in [0.1, 0.15) is 5.56 Å². The van der Waals surface area contributed by atoms with Crippen LogP contribution < -0.4 is 4.74 Å². The minimum Gasteiger partial charge on any atom is -0.435 e. The first-order valence-corrected chi connectivity index (χ1v) is 6.59. The SMILES string of the molecule is CN(Cc1ccc(OC(F)F)cc1)S(C)(=O)=O. The Morgan fingerprint density at radius 3 is 2.24 bits per heavy atom. The standard InChI is InChI=1S/C10H13F2NO3S/c1-13(17(2,14)15)7-8-3-5-9(6-4-8)16-10(11)12/h3-6,10H,7H2,1-2H3. The van der Waals surface area contributed by atoms with Crippen LogP contribution in [-0.4, -0.2) is 32.6 Å². The molecule has 1 rings (SSSR count). The normalized spacial score (nSPS) is 12.1. The summed E-state index contributed by atoms with van der Waals surface area (Å²) < 4.78 is 51.4. The number of ether oxygens (including phenoxy) is 1. The summed E-state index contributed by atoms with van der Waals surface area (Å²) in [6.07, 6.45) is 1.10. The lowest BCUT2D eigenvalue weighted by molar-refractivity contribution is -0.0498. The molecule has 0 bridgehead atoms. The first-order valence-electron chi connectivity index (χ1n) is 4.74. The van der Waals surface area contributed by atoms with Crippen LogP contribution in [0.3, 0.4) is 0 Å². The number of benzene rings is 1. The molecule has 0 aliphatic carbocycles. The van der Waals surface area contributed by atoms with Gasteiger partial charge in [0.05, 0.1) is 6.26 Å². The van der Waals surface area contributed by atoms with Crippen LogP contribution in [0.5, 0.6) is 5.75 Å². The van der Waals surface area contributed by atoms with E-state index in [4.69, 9.17) is 0 Å². The van der Waals surface area contributed by atoms with Crippen LogP contribution in [0.15, 0.2) is 24.3 Å². The fourth-order valence-corrected chi connectivity index (χ4v) is 1.53. The molecule has 0 saturated heterocycles. The lowest BCUT2D eigenvalue weighted by Gasteiger charge is -2.14. The summed E-state index contributed by atoms with van der Waals surface area (Å²) in [4.78, 5) is 0. The molecule has 4 nitrogen and oxygen atoms in total. The van der Waals surface area contributed by atoms with Crippen molar-refractivity contribution in [3.8, 4) is 5.75 Å². The highest BCUT2D eigenvalue weighted by atomic mass is 32.2. The summed E-state index contributed by atoms with van der Waals surface area (Å²) >= 11 is 0. The van der Waals surface area contributed by atoms with E-state index >= 15 is 0 Å². The highest BCUT2D eigenvalue weighted by Crippen LogP contribution is 2.16. The zero-order valence-corrected chi connectivity index (χ0v) is 10.2. The number of hydrogen-bond acceptors (Lipinski definition) is 3. The molecule has 0 aromatic heterocycles. The lowest BCUT2D eigenvalue weighted by Crippen LogP contribution is -2.24. The summed E-state index contributed by atoms with van der Waals surface area (Å²) in [6.45, 7) is -2.67. The molecular formula is C10H13F2NO3S. The maximum atomic E-state index is 11.9. The summed E-state index contributed by atoms with van der Waals surface area (Å²) in [5, 5.41) is 0. The second-order valence-corrected chi connectivity index (χ2v) is 5.63. The molecule has 0 radical (unpaired) electrons. The van der Waals surface area contributed by atoms with E-state index < -0.39 is 16.6 Å². The predicted octanol–water partition coefficient (Wildman–Crippen LogP) is 1.68. The topological polar surface area (TPSA) is 46.6 Å². The van der Waals surface area contributed by atoms with Gasteiger partial charge in [0, 0.05) is 13.6 Å². The smallest absolute Gasteiger partial charge is 0.387 e. The van der Waals surface area contributed by atoms with Crippen molar-refractivity contribution in [1.29, 1.82) is 0 Å². The number of hydrogen-bond donors (Lipinski definition) is 0. The molecule has 7 heteroatoms. The van der Waals surface area contributed by atoms with Crippen molar-refractivity contribution in [2.45, 2.75) is 13.2 Å². The van der Waals surface area contributed by atoms with Crippen molar-refractivity contribution < 1.29 is 21.9 Å². The van der Waals surface area contributed by atoms with Gasteiger partial charge in [0.25, 0.3) is 0 Å². The Bertz CT molecular complexity index is 459. The third-order valence-electron chi connectivity index (χ3n) is 2.12. The zero-order chi connectivity index (χ0) is 13.1. The molecule has 0 unspecified atom stereocenters. The molecule has 17 heavy (non-hydrogen) atoms. The lowest BCUT2D eigenvalue weighted by atomic mass is 10.2. The molecule has 0 heterocycles. The van der Waals surface area contributed by atoms with Crippen LogP contribution in [0.2, 0.25) is 0 Å². The molecule has 0 amide bonds. The average molecular weight is 265 g/mol. The van der Waals surface area contributed by atoms with E-state index in [1.54, 1.807) is 12.1 Å². The van der Waals surface area contributed by atoms with Crippen molar-refractivity contribution in [2.24, 2.45) is 0 Å². The van der Waals surface area contributed by atoms with Gasteiger partial charge in [-0.2, -0.15) is 8.78 Å². The van der Waals surface area contributed by atoms with Gasteiger partial charge >= 0.3 is 6.61 Å². The molecule has 0 spiro atoms. The molecule has 1 aromatic carbocycles. The number of halogens is 2. The Morgan fingerprint density at radius 2 is 1.82 bits per heavy atom. The van der Waals surface area contributed by atoms with Gasteiger partial charge < -0.3 is 4.74 Å². The molecule has 0 N–H and O–H groups in total. The van der Waals surface area contributed by atoms with Crippen LogP contribution in [0, 0.1) is 0 Å². The van der Waals surface area contributed by atoms with Gasteiger partial charge in [0.15, 0.2) is 0 Å². The van der Waals surface area contributed by atoms with Gasteiger partial charge in [0.1, 0.15) is 5.75 Å². The first kappa shape index (κ1) is 13.9. The Hall–Kier alpha value is -1.21. The Balaban J connectivity index is 2.69. The Morgan fingerprint density at radius 1 is 1.29 bits per heavy atom. The monoisotopic (exact) mass is 265 g/mol. The minimum atomic E-state index is -3.25. The third kappa shape index (κ3) is 4.66. The van der Waals surface area contributed by atoms with E-state index in [2.05, 4.69) is 4.74 Å². The first-order chi connectivity index (χ1) is 7.79. The molecule has 0 atom stereocenters. The van der Waals surface area contributed by atoms with Gasteiger partial charge in [-0.1, -0.05) is 12.1 Å². The van der Waals surface area contributed by atoms with Crippen molar-refractivity contribution in [2.75, 3.05) is 13.3 Å². The van der Waals surface area contributed by atoms with Crippen molar-refractivity contribution >= 4 is 10.0 Å². The van der Waals surface area contributed by atoms with Gasteiger partial charge in [-0.15, -0.1) is 0 Å². The van der Waals surface area contributed by atoms with Gasteiger partial charge in [0.2, 0.25) is 10.0 Å². The van der Waals surface area contributed by atoms with E-state index in [-0.39, 0.29) is 12.3 Å². The molecule has 1 aromatic rings. The fourth-order valence-electron chi connectivity index (χ4n) is 1.15. The van der Waals surface area contributed by atoms with E-state index in [9.17, 15) is 17.2 Å². The Kier molecular flexibility index (Phi) is 4.41. The fraction of sp³-hybridized carbons (Fsp3) is 0.400. The summed E-state index contributed by atoms with van der Waals surface area (Å²) in [5.74, 6) is 0.0470. The number of rotatable bonds is 5. The van der Waals surface area contributed by atoms with Gasteiger partial charge in [-0.05, 0) is 17.7 Å². The number of alkyl halides is 2. The van der Waals surface area contributed by atoms with Crippen LogP contribution in [0.25, 0.3) is 0 Å². The Labute approximate surface area is 98.9 Å². The van der Waals surface area contributed by atoms with E-state index in [1.165, 1.54) is 19.2 Å². The largest absolute Gasteiger partial charge is 0.435 e. The molecular weight excluding hydrogens is 252 g/mol. The van der Waals surface area contributed by atoms with Crippen molar-refractivity contribution in [3.63, 3.8) is 0 Å². The molecule has 0 fully saturated rings. The van der Waals surface area contributed by atoms with Crippen LogP contribution in [0.4, 0.5) is 8.78 Å². The summed E-state index contributed by atoms with van der Waals surface area (Å²) in [5.41, 5.74) is 0.694. The van der Waals surface area contributed by atoms with E-state index in [0.29, 0.717) is 5.56 Å². The van der Waals surface area contributed by atoms with Crippen LogP contribution in [-0.2, 0) is 16.6 Å². The number of nitrogens with zero attached hydrogens (tertiary/aromatic N) is 1. The minimum absolute atomic E-state index is 0.0470. The quantitative estimate of drug-likeness (QED) is 0.813. The molecule has 0 aliphatic heterocycles. The van der Waals surface area contributed by atoms with E-state index in [1.807, 2.05) is 0 Å². The molecule has 0 saturated carbocycles. The zero-order valence-electron chi connectivity index (χ0n) is 9.43. The maximum absolute atomic E-state index is 11.9.